The van der Waals surface area contributed by atoms with Gasteiger partial charge in [0.2, 0.25) is 0 Å². The van der Waals surface area contributed by atoms with Gasteiger partial charge in [-0.1, -0.05) is 11.6 Å². The number of hydrogen-bond acceptors (Lipinski definition) is 7. The van der Waals surface area contributed by atoms with Crippen molar-refractivity contribution in [3.05, 3.63) is 47.5 Å². The van der Waals surface area contributed by atoms with Gasteiger partial charge in [-0.3, -0.25) is 0 Å². The Labute approximate surface area is 196 Å². The first-order valence-electron chi connectivity index (χ1n) is 11.1. The molecule has 2 saturated heterocycles. The molecule has 1 unspecified atom stereocenters. The second-order valence-electron chi connectivity index (χ2n) is 8.52. The van der Waals surface area contributed by atoms with Crippen molar-refractivity contribution in [2.24, 2.45) is 11.8 Å². The van der Waals surface area contributed by atoms with Crippen LogP contribution >= 0.6 is 11.6 Å². The van der Waals surface area contributed by atoms with Crippen LogP contribution in [-0.2, 0) is 4.74 Å². The van der Waals surface area contributed by atoms with E-state index in [-0.39, 0.29) is 5.02 Å². The molecule has 3 aromatic rings. The van der Waals surface area contributed by atoms with Gasteiger partial charge in [0, 0.05) is 48.6 Å². The van der Waals surface area contributed by atoms with Gasteiger partial charge in [-0.05, 0) is 30.7 Å². The fraction of sp³-hybridized carbons (Fsp3) is 0.417. The lowest BCUT2D eigenvalue weighted by Gasteiger charge is -2.17. The van der Waals surface area contributed by atoms with Crippen molar-refractivity contribution < 1.29 is 18.6 Å². The average Bonchev–Trinajstić information content (AvgIpc) is 3.41. The summed E-state index contributed by atoms with van der Waals surface area (Å²) in [4.78, 5) is 11.2. The van der Waals surface area contributed by atoms with E-state index in [4.69, 9.17) is 25.8 Å². The molecule has 2 atom stereocenters. The molecule has 2 fully saturated rings. The summed E-state index contributed by atoms with van der Waals surface area (Å²) in [7, 11) is 1.61. The highest BCUT2D eigenvalue weighted by molar-refractivity contribution is 6.31. The molecule has 0 bridgehead atoms. The molecular weight excluding hydrogens is 447 g/mol. The number of ether oxygens (including phenoxy) is 3. The fourth-order valence-electron chi connectivity index (χ4n) is 4.58. The molecule has 2 aliphatic heterocycles. The Kier molecular flexibility index (Phi) is 6.48. The standard InChI is InChI=1S/C24H26ClFN4O3/c1-31-22-9-21-18(24(28-14-27-21)29-17-3-4-20(26)19(25)7-17)8-23(22)33-6-2-5-30-10-15-12-32-13-16(15)11-30/h3-4,7-9,14-16H,2,5-6,10-13H2,1H3,(H,27,28,29)/t15-,16?/m0/s1. The van der Waals surface area contributed by atoms with E-state index in [1.54, 1.807) is 13.2 Å². The van der Waals surface area contributed by atoms with Crippen LogP contribution in [-0.4, -0.2) is 61.4 Å². The summed E-state index contributed by atoms with van der Waals surface area (Å²) >= 11 is 5.91. The van der Waals surface area contributed by atoms with Crippen molar-refractivity contribution in [3.63, 3.8) is 0 Å². The Bertz CT molecular complexity index is 1140. The molecule has 5 rings (SSSR count). The zero-order valence-electron chi connectivity index (χ0n) is 18.4. The van der Waals surface area contributed by atoms with Gasteiger partial charge in [0.15, 0.2) is 11.5 Å². The van der Waals surface area contributed by atoms with E-state index in [2.05, 4.69) is 20.2 Å². The molecule has 0 radical (unpaired) electrons. The SMILES string of the molecule is COc1cc2ncnc(Nc3ccc(F)c(Cl)c3)c2cc1OCCCN1CC2COC[C@@H]2C1. The predicted molar refractivity (Wildman–Crippen MR) is 125 cm³/mol. The highest BCUT2D eigenvalue weighted by Gasteiger charge is 2.36. The van der Waals surface area contributed by atoms with Crippen LogP contribution in [0.25, 0.3) is 10.9 Å². The number of hydrogen-bond donors (Lipinski definition) is 1. The monoisotopic (exact) mass is 472 g/mol. The quantitative estimate of drug-likeness (QED) is 0.483. The third-order valence-electron chi connectivity index (χ3n) is 6.30. The molecule has 0 spiro atoms. The van der Waals surface area contributed by atoms with Crippen LogP contribution in [0.4, 0.5) is 15.9 Å². The maximum atomic E-state index is 13.5. The van der Waals surface area contributed by atoms with Gasteiger partial charge >= 0.3 is 0 Å². The Balaban J connectivity index is 1.28. The van der Waals surface area contributed by atoms with Crippen LogP contribution in [0, 0.1) is 17.7 Å². The zero-order chi connectivity index (χ0) is 22.8. The summed E-state index contributed by atoms with van der Waals surface area (Å²) in [5.74, 6) is 2.72. The first-order chi connectivity index (χ1) is 16.1. The van der Waals surface area contributed by atoms with Crippen molar-refractivity contribution in [1.82, 2.24) is 14.9 Å². The zero-order valence-corrected chi connectivity index (χ0v) is 19.1. The van der Waals surface area contributed by atoms with Gasteiger partial charge in [0.05, 0.1) is 37.5 Å². The molecule has 0 saturated carbocycles. The highest BCUT2D eigenvalue weighted by Crippen LogP contribution is 2.35. The minimum atomic E-state index is -0.472. The number of methoxy groups -OCH3 is 1. The lowest BCUT2D eigenvalue weighted by atomic mass is 10.0. The van der Waals surface area contributed by atoms with Crippen LogP contribution in [0.2, 0.25) is 5.02 Å². The summed E-state index contributed by atoms with van der Waals surface area (Å²) in [6, 6.07) is 8.14. The third kappa shape index (κ3) is 4.83. The van der Waals surface area contributed by atoms with Gasteiger partial charge < -0.3 is 24.4 Å². The molecule has 3 heterocycles. The van der Waals surface area contributed by atoms with Gasteiger partial charge in [-0.15, -0.1) is 0 Å². The molecule has 1 aromatic heterocycles. The van der Waals surface area contributed by atoms with E-state index in [0.29, 0.717) is 47.0 Å². The number of benzene rings is 2. The van der Waals surface area contributed by atoms with E-state index in [0.717, 1.165) is 44.7 Å². The normalized spacial score (nSPS) is 20.2. The summed E-state index contributed by atoms with van der Waals surface area (Å²) in [6.07, 6.45) is 2.39. The van der Waals surface area contributed by atoms with Gasteiger partial charge in [0.25, 0.3) is 0 Å². The summed E-state index contributed by atoms with van der Waals surface area (Å²) in [5.41, 5.74) is 1.33. The summed E-state index contributed by atoms with van der Waals surface area (Å²) < 4.78 is 30.7. The molecule has 7 nitrogen and oxygen atoms in total. The fourth-order valence-corrected chi connectivity index (χ4v) is 4.76. The summed E-state index contributed by atoms with van der Waals surface area (Å²) in [6.45, 7) is 5.61. The molecule has 174 valence electrons. The lowest BCUT2D eigenvalue weighted by molar-refractivity contribution is 0.152. The molecule has 2 aromatic carbocycles. The van der Waals surface area contributed by atoms with Gasteiger partial charge in [-0.2, -0.15) is 0 Å². The Morgan fingerprint density at radius 1 is 1.15 bits per heavy atom. The molecular formula is C24H26ClFN4O3. The third-order valence-corrected chi connectivity index (χ3v) is 6.58. The van der Waals surface area contributed by atoms with Crippen LogP contribution in [0.5, 0.6) is 11.5 Å². The van der Waals surface area contributed by atoms with Crippen molar-refractivity contribution in [2.75, 3.05) is 51.9 Å². The second kappa shape index (κ2) is 9.67. The number of halogens is 2. The van der Waals surface area contributed by atoms with Crippen molar-refractivity contribution >= 4 is 34.0 Å². The van der Waals surface area contributed by atoms with Gasteiger partial charge in [0.1, 0.15) is 18.0 Å². The van der Waals surface area contributed by atoms with Crippen molar-refractivity contribution in [3.8, 4) is 11.5 Å². The van der Waals surface area contributed by atoms with Crippen LogP contribution < -0.4 is 14.8 Å². The van der Waals surface area contributed by atoms with E-state index < -0.39 is 5.82 Å². The molecule has 2 aliphatic rings. The first kappa shape index (κ1) is 22.1. The minimum Gasteiger partial charge on any atom is -0.493 e. The smallest absolute Gasteiger partial charge is 0.162 e. The van der Waals surface area contributed by atoms with E-state index in [1.807, 2.05) is 12.1 Å². The Morgan fingerprint density at radius 2 is 1.97 bits per heavy atom. The largest absolute Gasteiger partial charge is 0.493 e. The number of fused-ring (bicyclic) bond motifs is 2. The molecule has 0 aliphatic carbocycles. The number of rotatable bonds is 8. The molecule has 33 heavy (non-hydrogen) atoms. The van der Waals surface area contributed by atoms with Gasteiger partial charge in [-0.25, -0.2) is 14.4 Å². The number of anilines is 2. The second-order valence-corrected chi connectivity index (χ2v) is 8.92. The number of likely N-dealkylation sites (tertiary alicyclic amines) is 1. The van der Waals surface area contributed by atoms with E-state index in [9.17, 15) is 4.39 Å². The number of nitrogens with one attached hydrogen (secondary N) is 1. The predicted octanol–water partition coefficient (Wildman–Crippen LogP) is 4.52. The van der Waals surface area contributed by atoms with E-state index >= 15 is 0 Å². The molecule has 1 N–H and O–H groups in total. The minimum absolute atomic E-state index is 0.0400. The van der Waals surface area contributed by atoms with E-state index in [1.165, 1.54) is 18.5 Å². The number of aromatic nitrogens is 2. The number of nitrogens with zero attached hydrogens (tertiary/aromatic N) is 3. The lowest BCUT2D eigenvalue weighted by Crippen LogP contribution is -2.25. The molecule has 9 heteroatoms. The van der Waals surface area contributed by atoms with Crippen molar-refractivity contribution in [1.29, 1.82) is 0 Å². The van der Waals surface area contributed by atoms with Crippen LogP contribution in [0.3, 0.4) is 0 Å². The maximum absolute atomic E-state index is 13.5. The average molecular weight is 473 g/mol. The molecule has 0 amide bonds. The maximum Gasteiger partial charge on any atom is 0.162 e. The first-order valence-corrected chi connectivity index (χ1v) is 11.5. The van der Waals surface area contributed by atoms with Crippen molar-refractivity contribution in [2.45, 2.75) is 6.42 Å². The Morgan fingerprint density at radius 3 is 2.73 bits per heavy atom. The Hall–Kier alpha value is -2.68. The topological polar surface area (TPSA) is 68.7 Å². The highest BCUT2D eigenvalue weighted by atomic mass is 35.5. The summed E-state index contributed by atoms with van der Waals surface area (Å²) in [5, 5.41) is 3.99. The van der Waals surface area contributed by atoms with Crippen LogP contribution in [0.1, 0.15) is 6.42 Å². The van der Waals surface area contributed by atoms with Crippen LogP contribution in [0.15, 0.2) is 36.7 Å².